The second kappa shape index (κ2) is 7.04. The quantitative estimate of drug-likeness (QED) is 0.703. The molecule has 1 aromatic heterocycles. The predicted octanol–water partition coefficient (Wildman–Crippen LogP) is 3.57. The fourth-order valence-corrected chi connectivity index (χ4v) is 4.40. The number of hydrogen-bond donors (Lipinski definition) is 0. The average Bonchev–Trinajstić information content (AvgIpc) is 3.40. The van der Waals surface area contributed by atoms with Crippen molar-refractivity contribution in [3.8, 4) is 11.5 Å². The van der Waals surface area contributed by atoms with E-state index in [9.17, 15) is 18.0 Å². The van der Waals surface area contributed by atoms with Crippen molar-refractivity contribution >= 4 is 12.0 Å². The van der Waals surface area contributed by atoms with Gasteiger partial charge in [-0.15, -0.1) is 0 Å². The van der Waals surface area contributed by atoms with Crippen molar-refractivity contribution < 1.29 is 27.4 Å². The van der Waals surface area contributed by atoms with E-state index in [2.05, 4.69) is 4.98 Å². The van der Waals surface area contributed by atoms with Gasteiger partial charge < -0.3 is 14.4 Å². The smallest absolute Gasteiger partial charge is 0.433 e. The van der Waals surface area contributed by atoms with Gasteiger partial charge in [-0.05, 0) is 35.3 Å². The van der Waals surface area contributed by atoms with E-state index >= 15 is 0 Å². The zero-order valence-corrected chi connectivity index (χ0v) is 16.1. The first kappa shape index (κ1) is 19.0. The molecule has 0 bridgehead atoms. The largest absolute Gasteiger partial charge is 0.489 e. The van der Waals surface area contributed by atoms with Crippen LogP contribution in [0.2, 0.25) is 0 Å². The Morgan fingerprint density at radius 2 is 1.70 bits per heavy atom. The highest BCUT2D eigenvalue weighted by molar-refractivity contribution is 5.92. The van der Waals surface area contributed by atoms with Crippen molar-refractivity contribution in [1.82, 2.24) is 9.88 Å². The number of benzene rings is 1. The van der Waals surface area contributed by atoms with Gasteiger partial charge in [0, 0.05) is 49.3 Å². The van der Waals surface area contributed by atoms with Crippen molar-refractivity contribution in [2.75, 3.05) is 19.8 Å². The molecule has 0 saturated carbocycles. The lowest BCUT2D eigenvalue weighted by molar-refractivity contribution is -0.141. The van der Waals surface area contributed by atoms with E-state index in [4.69, 9.17) is 9.47 Å². The third-order valence-electron chi connectivity index (χ3n) is 5.83. The van der Waals surface area contributed by atoms with Crippen LogP contribution in [0.15, 0.2) is 24.4 Å². The summed E-state index contributed by atoms with van der Waals surface area (Å²) in [5.74, 6) is 1.54. The van der Waals surface area contributed by atoms with Crippen LogP contribution in [-0.4, -0.2) is 35.5 Å². The molecule has 4 heterocycles. The van der Waals surface area contributed by atoms with Gasteiger partial charge in [0.2, 0.25) is 5.91 Å². The maximum absolute atomic E-state index is 12.7. The van der Waals surface area contributed by atoms with E-state index in [0.717, 1.165) is 54.2 Å². The Bertz CT molecular complexity index is 1050. The van der Waals surface area contributed by atoms with Crippen LogP contribution in [0.1, 0.15) is 33.5 Å². The summed E-state index contributed by atoms with van der Waals surface area (Å²) >= 11 is 0. The zero-order valence-electron chi connectivity index (χ0n) is 16.1. The molecule has 1 amide bonds. The molecule has 0 spiro atoms. The Labute approximate surface area is 171 Å². The van der Waals surface area contributed by atoms with E-state index in [1.807, 2.05) is 0 Å². The monoisotopic (exact) mass is 416 g/mol. The van der Waals surface area contributed by atoms with Crippen molar-refractivity contribution in [3.05, 3.63) is 57.9 Å². The topological polar surface area (TPSA) is 51.7 Å². The van der Waals surface area contributed by atoms with Crippen LogP contribution in [0.4, 0.5) is 13.2 Å². The number of halogens is 3. The van der Waals surface area contributed by atoms with E-state index in [0.29, 0.717) is 31.9 Å². The molecule has 3 aliphatic heterocycles. The number of rotatable bonds is 2. The number of aromatic nitrogens is 1. The summed E-state index contributed by atoms with van der Waals surface area (Å²) in [6, 6.07) is 2.21. The molecule has 5 rings (SSSR count). The number of carbonyl (C=O) groups excluding carboxylic acids is 1. The molecule has 0 fully saturated rings. The molecule has 0 saturated heterocycles. The molecular weight excluding hydrogens is 397 g/mol. The molecule has 2 aromatic rings. The lowest BCUT2D eigenvalue weighted by Gasteiger charge is -2.31. The zero-order chi connectivity index (χ0) is 20.9. The van der Waals surface area contributed by atoms with Gasteiger partial charge >= 0.3 is 6.18 Å². The predicted molar refractivity (Wildman–Crippen MR) is 102 cm³/mol. The van der Waals surface area contributed by atoms with Crippen molar-refractivity contribution in [1.29, 1.82) is 0 Å². The van der Waals surface area contributed by atoms with Crippen LogP contribution < -0.4 is 9.47 Å². The molecule has 0 unspecified atom stereocenters. The SMILES string of the molecule is O=C(/C=C/c1ccc(C(F)(F)F)nc1)N1CCc2c(c3c(c4c2CCO4)OCC3)C1. The molecule has 3 aliphatic rings. The minimum absolute atomic E-state index is 0.176. The molecule has 5 nitrogen and oxygen atoms in total. The van der Waals surface area contributed by atoms with Gasteiger partial charge in [-0.3, -0.25) is 9.78 Å². The molecular formula is C22H19F3N2O3. The molecule has 0 aliphatic carbocycles. The maximum Gasteiger partial charge on any atom is 0.433 e. The third kappa shape index (κ3) is 3.20. The number of hydrogen-bond acceptors (Lipinski definition) is 4. The summed E-state index contributed by atoms with van der Waals surface area (Å²) in [6.45, 7) is 2.38. The van der Waals surface area contributed by atoms with E-state index in [1.54, 1.807) is 4.90 Å². The first-order valence-electron chi connectivity index (χ1n) is 9.87. The van der Waals surface area contributed by atoms with Crippen LogP contribution >= 0.6 is 0 Å². The highest BCUT2D eigenvalue weighted by atomic mass is 19.4. The summed E-state index contributed by atoms with van der Waals surface area (Å²) in [5.41, 5.74) is 4.29. The van der Waals surface area contributed by atoms with Crippen LogP contribution in [0, 0.1) is 0 Å². The van der Waals surface area contributed by atoms with Gasteiger partial charge in [0.1, 0.15) is 5.69 Å². The highest BCUT2D eigenvalue weighted by Crippen LogP contribution is 2.47. The van der Waals surface area contributed by atoms with E-state index in [-0.39, 0.29) is 5.91 Å². The lowest BCUT2D eigenvalue weighted by Crippen LogP contribution is -2.35. The van der Waals surface area contributed by atoms with Crippen molar-refractivity contribution in [2.24, 2.45) is 0 Å². The van der Waals surface area contributed by atoms with Gasteiger partial charge in [-0.2, -0.15) is 13.2 Å². The number of nitrogens with zero attached hydrogens (tertiary/aromatic N) is 2. The molecule has 0 radical (unpaired) electrons. The van der Waals surface area contributed by atoms with Crippen LogP contribution in [-0.2, 0) is 36.8 Å². The summed E-state index contributed by atoms with van der Waals surface area (Å²) < 4.78 is 49.5. The molecule has 8 heteroatoms. The minimum atomic E-state index is -4.48. The summed E-state index contributed by atoms with van der Waals surface area (Å²) in [4.78, 5) is 17.9. The maximum atomic E-state index is 12.7. The van der Waals surface area contributed by atoms with E-state index in [1.165, 1.54) is 29.3 Å². The highest BCUT2D eigenvalue weighted by Gasteiger charge is 2.34. The molecule has 0 N–H and O–H groups in total. The van der Waals surface area contributed by atoms with Gasteiger partial charge in [-0.25, -0.2) is 0 Å². The summed E-state index contributed by atoms with van der Waals surface area (Å²) in [6.07, 6.45) is 1.96. The molecule has 156 valence electrons. The first-order chi connectivity index (χ1) is 14.4. The standard InChI is InChI=1S/C22H19F3N2O3/c23-22(24,25)18-3-1-13(11-26-18)2-4-19(28)27-8-5-14-15-6-9-29-20(15)21-16(7-10-30-21)17(14)12-27/h1-4,11H,5-10,12H2/b4-2+. The third-order valence-corrected chi connectivity index (χ3v) is 5.83. The van der Waals surface area contributed by atoms with Gasteiger partial charge in [0.15, 0.2) is 11.5 Å². The first-order valence-corrected chi connectivity index (χ1v) is 9.87. The second-order valence-corrected chi connectivity index (χ2v) is 7.59. The number of carbonyl (C=O) groups is 1. The van der Waals surface area contributed by atoms with E-state index < -0.39 is 11.9 Å². The van der Waals surface area contributed by atoms with Crippen LogP contribution in [0.25, 0.3) is 6.08 Å². The Balaban J connectivity index is 1.35. The Morgan fingerprint density at radius 3 is 2.33 bits per heavy atom. The Hall–Kier alpha value is -3.03. The normalized spacial score (nSPS) is 17.4. The average molecular weight is 416 g/mol. The molecule has 30 heavy (non-hydrogen) atoms. The minimum Gasteiger partial charge on any atom is -0.489 e. The van der Waals surface area contributed by atoms with Gasteiger partial charge in [0.25, 0.3) is 0 Å². The van der Waals surface area contributed by atoms with Crippen LogP contribution in [0.3, 0.4) is 0 Å². The van der Waals surface area contributed by atoms with Gasteiger partial charge in [0.05, 0.1) is 13.2 Å². The molecule has 1 aromatic carbocycles. The molecule has 0 atom stereocenters. The number of amides is 1. The number of fused-ring (bicyclic) bond motifs is 6. The lowest BCUT2D eigenvalue weighted by atomic mass is 9.88. The number of ether oxygens (including phenoxy) is 2. The number of alkyl halides is 3. The van der Waals surface area contributed by atoms with Gasteiger partial charge in [-0.1, -0.05) is 6.07 Å². The van der Waals surface area contributed by atoms with Crippen molar-refractivity contribution in [2.45, 2.75) is 32.0 Å². The summed E-state index contributed by atoms with van der Waals surface area (Å²) in [5, 5.41) is 0. The Kier molecular flexibility index (Phi) is 4.45. The van der Waals surface area contributed by atoms with Crippen molar-refractivity contribution in [3.63, 3.8) is 0 Å². The Morgan fingerprint density at radius 1 is 1.00 bits per heavy atom. The number of pyridine rings is 1. The fourth-order valence-electron chi connectivity index (χ4n) is 4.40. The summed E-state index contributed by atoms with van der Waals surface area (Å²) in [7, 11) is 0. The fraction of sp³-hybridized carbons (Fsp3) is 0.364. The second-order valence-electron chi connectivity index (χ2n) is 7.59. The van der Waals surface area contributed by atoms with Crippen LogP contribution in [0.5, 0.6) is 11.5 Å².